The Kier molecular flexibility index (Phi) is 3.29. The van der Waals surface area contributed by atoms with E-state index in [9.17, 15) is 4.79 Å². The third-order valence-corrected chi connectivity index (χ3v) is 2.68. The predicted molar refractivity (Wildman–Crippen MR) is 67.3 cm³/mol. The van der Waals surface area contributed by atoms with Crippen molar-refractivity contribution in [1.29, 1.82) is 0 Å². The second-order valence-corrected chi connectivity index (χ2v) is 4.36. The van der Waals surface area contributed by atoms with Crippen LogP contribution >= 0.6 is 0 Å². The Bertz CT molecular complexity index is 589. The summed E-state index contributed by atoms with van der Waals surface area (Å²) >= 11 is 0. The molecule has 0 radical (unpaired) electrons. The number of aliphatic hydroxyl groups is 1. The number of aromatic nitrogens is 3. The minimum atomic E-state index is -0.564. The molecule has 2 rings (SSSR count). The summed E-state index contributed by atoms with van der Waals surface area (Å²) in [5.74, 6) is -0.242. The number of nitrogens with zero attached hydrogens (tertiary/aromatic N) is 3. The molecule has 0 aliphatic carbocycles. The van der Waals surface area contributed by atoms with Crippen molar-refractivity contribution in [2.24, 2.45) is 7.05 Å². The highest BCUT2D eigenvalue weighted by atomic mass is 16.3. The molecule has 18 heavy (non-hydrogen) atoms. The number of aliphatic hydroxyl groups excluding tert-OH is 1. The Labute approximate surface area is 105 Å². The van der Waals surface area contributed by atoms with Crippen molar-refractivity contribution in [2.75, 3.05) is 6.54 Å². The first-order chi connectivity index (χ1) is 8.49. The molecule has 6 heteroatoms. The van der Waals surface area contributed by atoms with Crippen LogP contribution < -0.4 is 5.32 Å². The molecule has 2 heterocycles. The number of fused-ring (bicyclic) bond motifs is 1. The van der Waals surface area contributed by atoms with Crippen LogP contribution in [-0.4, -0.2) is 38.4 Å². The molecule has 0 saturated carbocycles. The average Bonchev–Trinajstić information content (AvgIpc) is 2.61. The summed E-state index contributed by atoms with van der Waals surface area (Å²) in [4.78, 5) is 16.0. The molecule has 0 fully saturated rings. The van der Waals surface area contributed by atoms with Gasteiger partial charge in [-0.3, -0.25) is 9.48 Å². The standard InChI is InChI=1S/C12H16N4O2/c1-7(17)5-14-12(18)9-4-10-8(2)15-16(3)11(10)13-6-9/h4,6-7,17H,5H2,1-3H3,(H,14,18). The van der Waals surface area contributed by atoms with Gasteiger partial charge in [0.05, 0.1) is 17.4 Å². The summed E-state index contributed by atoms with van der Waals surface area (Å²) in [6.07, 6.45) is 0.951. The van der Waals surface area contributed by atoms with Crippen molar-refractivity contribution in [1.82, 2.24) is 20.1 Å². The van der Waals surface area contributed by atoms with Crippen molar-refractivity contribution in [3.8, 4) is 0 Å². The molecule has 0 aromatic carbocycles. The molecule has 2 aromatic heterocycles. The van der Waals surface area contributed by atoms with Gasteiger partial charge in [-0.25, -0.2) is 4.98 Å². The van der Waals surface area contributed by atoms with Crippen LogP contribution in [0.5, 0.6) is 0 Å². The first-order valence-corrected chi connectivity index (χ1v) is 5.74. The fourth-order valence-corrected chi connectivity index (χ4v) is 1.77. The highest BCUT2D eigenvalue weighted by Gasteiger charge is 2.11. The second kappa shape index (κ2) is 4.73. The van der Waals surface area contributed by atoms with E-state index >= 15 is 0 Å². The number of nitrogens with one attached hydrogen (secondary N) is 1. The Morgan fingerprint density at radius 2 is 2.33 bits per heavy atom. The topological polar surface area (TPSA) is 80.0 Å². The van der Waals surface area contributed by atoms with Crippen LogP contribution in [0.3, 0.4) is 0 Å². The molecule has 0 bridgehead atoms. The van der Waals surface area contributed by atoms with Gasteiger partial charge in [-0.05, 0) is 19.9 Å². The number of hydrogen-bond acceptors (Lipinski definition) is 4. The van der Waals surface area contributed by atoms with Gasteiger partial charge in [-0.15, -0.1) is 0 Å². The molecule has 0 aliphatic rings. The molecule has 6 nitrogen and oxygen atoms in total. The van der Waals surface area contributed by atoms with Gasteiger partial charge in [0, 0.05) is 25.2 Å². The van der Waals surface area contributed by atoms with E-state index in [0.29, 0.717) is 5.56 Å². The zero-order valence-electron chi connectivity index (χ0n) is 10.6. The quantitative estimate of drug-likeness (QED) is 0.823. The van der Waals surface area contributed by atoms with Crippen molar-refractivity contribution in [3.63, 3.8) is 0 Å². The predicted octanol–water partition coefficient (Wildman–Crippen LogP) is 0.387. The van der Waals surface area contributed by atoms with E-state index in [1.807, 2.05) is 14.0 Å². The lowest BCUT2D eigenvalue weighted by Gasteiger charge is -2.06. The van der Waals surface area contributed by atoms with Gasteiger partial charge in [0.1, 0.15) is 0 Å². The fraction of sp³-hybridized carbons (Fsp3) is 0.417. The fourth-order valence-electron chi connectivity index (χ4n) is 1.77. The van der Waals surface area contributed by atoms with Crippen molar-refractivity contribution in [2.45, 2.75) is 20.0 Å². The summed E-state index contributed by atoms with van der Waals surface area (Å²) < 4.78 is 1.68. The monoisotopic (exact) mass is 248 g/mol. The van der Waals surface area contributed by atoms with Gasteiger partial charge < -0.3 is 10.4 Å². The normalized spacial score (nSPS) is 12.7. The molecule has 96 valence electrons. The maximum Gasteiger partial charge on any atom is 0.252 e. The summed E-state index contributed by atoms with van der Waals surface area (Å²) in [5.41, 5.74) is 2.06. The van der Waals surface area contributed by atoms with Crippen LogP contribution in [0, 0.1) is 6.92 Å². The summed E-state index contributed by atoms with van der Waals surface area (Å²) in [6, 6.07) is 1.77. The Hall–Kier alpha value is -1.95. The number of rotatable bonds is 3. The summed E-state index contributed by atoms with van der Waals surface area (Å²) in [7, 11) is 1.81. The highest BCUT2D eigenvalue weighted by Crippen LogP contribution is 2.16. The minimum Gasteiger partial charge on any atom is -0.392 e. The van der Waals surface area contributed by atoms with E-state index in [4.69, 9.17) is 5.11 Å². The van der Waals surface area contributed by atoms with Gasteiger partial charge in [0.25, 0.3) is 5.91 Å². The van der Waals surface area contributed by atoms with E-state index < -0.39 is 6.10 Å². The maximum atomic E-state index is 11.8. The van der Waals surface area contributed by atoms with Crippen molar-refractivity contribution in [3.05, 3.63) is 23.5 Å². The molecular weight excluding hydrogens is 232 g/mol. The zero-order valence-corrected chi connectivity index (χ0v) is 10.6. The number of pyridine rings is 1. The Morgan fingerprint density at radius 3 is 3.00 bits per heavy atom. The van der Waals surface area contributed by atoms with E-state index in [-0.39, 0.29) is 12.5 Å². The van der Waals surface area contributed by atoms with Gasteiger partial charge in [-0.2, -0.15) is 5.10 Å². The molecule has 1 unspecified atom stereocenters. The molecule has 1 amide bonds. The minimum absolute atomic E-state index is 0.225. The number of aryl methyl sites for hydroxylation is 2. The van der Waals surface area contributed by atoms with Crippen molar-refractivity contribution < 1.29 is 9.90 Å². The molecule has 0 saturated heterocycles. The van der Waals surface area contributed by atoms with E-state index in [1.165, 1.54) is 6.20 Å². The highest BCUT2D eigenvalue weighted by molar-refractivity contribution is 5.97. The van der Waals surface area contributed by atoms with Crippen LogP contribution in [-0.2, 0) is 7.05 Å². The van der Waals surface area contributed by atoms with E-state index in [0.717, 1.165) is 16.7 Å². The molecule has 1 atom stereocenters. The van der Waals surface area contributed by atoms with Crippen LogP contribution in [0.1, 0.15) is 23.0 Å². The first kappa shape index (κ1) is 12.5. The maximum absolute atomic E-state index is 11.8. The number of hydrogen-bond donors (Lipinski definition) is 2. The van der Waals surface area contributed by atoms with Crippen molar-refractivity contribution >= 4 is 16.9 Å². The smallest absolute Gasteiger partial charge is 0.252 e. The first-order valence-electron chi connectivity index (χ1n) is 5.74. The lowest BCUT2D eigenvalue weighted by atomic mass is 10.2. The van der Waals surface area contributed by atoms with Gasteiger partial charge in [-0.1, -0.05) is 0 Å². The largest absolute Gasteiger partial charge is 0.392 e. The van der Waals surface area contributed by atoms with Crippen LogP contribution in [0.4, 0.5) is 0 Å². The summed E-state index contributed by atoms with van der Waals surface area (Å²) in [6.45, 7) is 3.72. The van der Waals surface area contributed by atoms with Crippen LogP contribution in [0.2, 0.25) is 0 Å². The van der Waals surface area contributed by atoms with Gasteiger partial charge in [0.15, 0.2) is 5.65 Å². The number of carbonyl (C=O) groups excluding carboxylic acids is 1. The van der Waals surface area contributed by atoms with Crippen LogP contribution in [0.15, 0.2) is 12.3 Å². The lowest BCUT2D eigenvalue weighted by molar-refractivity contribution is 0.0924. The SMILES string of the molecule is Cc1nn(C)c2ncc(C(=O)NCC(C)O)cc12. The van der Waals surface area contributed by atoms with Crippen LogP contribution in [0.25, 0.3) is 11.0 Å². The Morgan fingerprint density at radius 1 is 1.61 bits per heavy atom. The van der Waals surface area contributed by atoms with Gasteiger partial charge in [0.2, 0.25) is 0 Å². The van der Waals surface area contributed by atoms with Gasteiger partial charge >= 0.3 is 0 Å². The second-order valence-electron chi connectivity index (χ2n) is 4.36. The molecule has 2 aromatic rings. The van der Waals surface area contributed by atoms with E-state index in [1.54, 1.807) is 17.7 Å². The summed E-state index contributed by atoms with van der Waals surface area (Å²) in [5, 5.41) is 16.9. The third kappa shape index (κ3) is 2.33. The third-order valence-electron chi connectivity index (χ3n) is 2.68. The zero-order chi connectivity index (χ0) is 13.3. The molecule has 0 spiro atoms. The average molecular weight is 248 g/mol. The number of amides is 1. The molecular formula is C12H16N4O2. The molecule has 0 aliphatic heterocycles. The van der Waals surface area contributed by atoms with E-state index in [2.05, 4.69) is 15.4 Å². The Balaban J connectivity index is 2.29. The lowest BCUT2D eigenvalue weighted by Crippen LogP contribution is -2.30. The number of carbonyl (C=O) groups is 1. The molecule has 2 N–H and O–H groups in total.